The first-order valence-corrected chi connectivity index (χ1v) is 4.85. The number of hydrogen-bond acceptors (Lipinski definition) is 4. The molecule has 0 saturated heterocycles. The molecule has 0 fully saturated rings. The van der Waals surface area contributed by atoms with Crippen molar-refractivity contribution in [3.05, 3.63) is 45.1 Å². The van der Waals surface area contributed by atoms with Crippen LogP contribution >= 0.6 is 0 Å². The highest BCUT2D eigenvalue weighted by atomic mass is 16.3. The first-order chi connectivity index (χ1) is 7.61. The van der Waals surface area contributed by atoms with E-state index in [2.05, 4.69) is 0 Å². The molecular formula is C12H10N2O2. The van der Waals surface area contributed by atoms with Gasteiger partial charge in [0.05, 0.1) is 11.4 Å². The predicted molar refractivity (Wildman–Crippen MR) is 60.4 cm³/mol. The summed E-state index contributed by atoms with van der Waals surface area (Å²) in [5.74, 6) is 0.0109. The quantitative estimate of drug-likeness (QED) is 0.333. The Morgan fingerprint density at radius 1 is 0.688 bits per heavy atom. The van der Waals surface area contributed by atoms with Crippen molar-refractivity contribution >= 4 is 11.4 Å². The van der Waals surface area contributed by atoms with Crippen molar-refractivity contribution in [2.24, 2.45) is 0 Å². The Hall–Kier alpha value is -2.36. The van der Waals surface area contributed by atoms with Crippen molar-refractivity contribution in [1.82, 2.24) is 0 Å². The molecule has 0 saturated carbocycles. The molecule has 2 aromatic rings. The van der Waals surface area contributed by atoms with Crippen LogP contribution in [0.5, 0.6) is 11.5 Å². The molecule has 80 valence electrons. The van der Waals surface area contributed by atoms with E-state index in [0.717, 1.165) is 10.4 Å². The molecule has 0 spiro atoms. The summed E-state index contributed by atoms with van der Waals surface area (Å²) in [5, 5.41) is 22.6. The van der Waals surface area contributed by atoms with Gasteiger partial charge in [-0.1, -0.05) is 12.1 Å². The smallest absolute Gasteiger partial charge is 0.147 e. The molecular weight excluding hydrogens is 204 g/mol. The Labute approximate surface area is 90.4 Å². The number of phenols is 2. The maximum Gasteiger partial charge on any atom is 0.147 e. The monoisotopic (exact) mass is 214 g/mol. The third-order valence-corrected chi connectivity index (χ3v) is 2.96. The number of rotatable bonds is 0. The number of hydrogen-bond donors (Lipinski definition) is 4. The van der Waals surface area contributed by atoms with Gasteiger partial charge >= 0.3 is 0 Å². The van der Waals surface area contributed by atoms with Gasteiger partial charge < -0.3 is 21.7 Å². The van der Waals surface area contributed by atoms with Gasteiger partial charge in [0, 0.05) is 10.4 Å². The van der Waals surface area contributed by atoms with Crippen LogP contribution in [0.2, 0.25) is 0 Å². The fourth-order valence-electron chi connectivity index (χ4n) is 2.11. The van der Waals surface area contributed by atoms with Gasteiger partial charge in [-0.2, -0.15) is 0 Å². The Kier molecular flexibility index (Phi) is 1.45. The lowest BCUT2D eigenvalue weighted by Crippen LogP contribution is -1.97. The molecule has 6 N–H and O–H groups in total. The van der Waals surface area contributed by atoms with Gasteiger partial charge in [-0.15, -0.1) is 0 Å². The molecule has 0 heterocycles. The van der Waals surface area contributed by atoms with Crippen LogP contribution in [-0.4, -0.2) is 10.2 Å². The van der Waals surface area contributed by atoms with E-state index in [4.69, 9.17) is 11.5 Å². The highest BCUT2D eigenvalue weighted by Crippen LogP contribution is 2.33. The first-order valence-electron chi connectivity index (χ1n) is 4.85. The van der Waals surface area contributed by atoms with Crippen LogP contribution in [0.3, 0.4) is 0 Å². The molecule has 0 aliphatic heterocycles. The molecule has 0 aromatic heterocycles. The summed E-state index contributed by atoms with van der Waals surface area (Å²) in [6.45, 7) is 0. The Balaban J connectivity index is 2.68. The van der Waals surface area contributed by atoms with E-state index >= 15 is 0 Å². The van der Waals surface area contributed by atoms with E-state index in [-0.39, 0.29) is 11.5 Å². The van der Waals surface area contributed by atoms with Gasteiger partial charge in [-0.25, -0.2) is 0 Å². The average molecular weight is 214 g/mol. The van der Waals surface area contributed by atoms with E-state index in [0.29, 0.717) is 21.8 Å². The third kappa shape index (κ3) is 0.839. The molecule has 4 heteroatoms. The Morgan fingerprint density at radius 2 is 1.06 bits per heavy atom. The summed E-state index contributed by atoms with van der Waals surface area (Å²) in [6, 6.07) is 6.93. The van der Waals surface area contributed by atoms with Gasteiger partial charge in [0.15, 0.2) is 0 Å². The number of benzene rings is 2. The van der Waals surface area contributed by atoms with E-state index < -0.39 is 0 Å². The van der Waals surface area contributed by atoms with E-state index in [1.54, 1.807) is 12.1 Å². The average Bonchev–Trinajstić information content (AvgIpc) is 2.23. The van der Waals surface area contributed by atoms with E-state index in [1.807, 2.05) is 12.1 Å². The molecule has 0 unspecified atom stereocenters. The Bertz CT molecular complexity index is 730. The van der Waals surface area contributed by atoms with Gasteiger partial charge in [0.2, 0.25) is 0 Å². The standard InChI is InChI=1S/C12H10N2O2/c13-7-3-1-5-6-2-4-8(14)12(16)10(6)9(5)11(7)15/h1-4,15-16H,13-14H2. The van der Waals surface area contributed by atoms with Crippen LogP contribution in [-0.2, 0) is 0 Å². The highest BCUT2D eigenvalue weighted by molar-refractivity contribution is 5.60. The third-order valence-electron chi connectivity index (χ3n) is 2.96. The zero-order valence-corrected chi connectivity index (χ0v) is 8.36. The summed E-state index contributed by atoms with van der Waals surface area (Å²) < 4.78 is 0. The minimum absolute atomic E-state index is 0.00546. The van der Waals surface area contributed by atoms with E-state index in [1.165, 1.54) is 0 Å². The molecule has 2 aromatic carbocycles. The van der Waals surface area contributed by atoms with Crippen LogP contribution < -0.4 is 11.5 Å². The molecule has 1 aliphatic carbocycles. The molecule has 0 radical (unpaired) electrons. The van der Waals surface area contributed by atoms with Gasteiger partial charge in [0.25, 0.3) is 0 Å². The lowest BCUT2D eigenvalue weighted by Gasteiger charge is -2.10. The molecule has 0 bridgehead atoms. The van der Waals surface area contributed by atoms with Crippen molar-refractivity contribution in [2.45, 2.75) is 0 Å². The lowest BCUT2D eigenvalue weighted by molar-refractivity contribution is 0.462. The van der Waals surface area contributed by atoms with Crippen LogP contribution in [0.4, 0.5) is 11.4 Å². The van der Waals surface area contributed by atoms with Crippen molar-refractivity contribution in [3.63, 3.8) is 0 Å². The van der Waals surface area contributed by atoms with Crippen molar-refractivity contribution in [1.29, 1.82) is 0 Å². The highest BCUT2D eigenvalue weighted by Gasteiger charge is 2.13. The molecule has 0 amide bonds. The number of phenolic OH excluding ortho intramolecular Hbond substituents is 2. The predicted octanol–water partition coefficient (Wildman–Crippen LogP) is 1.15. The molecule has 4 nitrogen and oxygen atoms in total. The second kappa shape index (κ2) is 2.61. The summed E-state index contributed by atoms with van der Waals surface area (Å²) >= 11 is 0. The van der Waals surface area contributed by atoms with Crippen LogP contribution in [0.15, 0.2) is 24.3 Å². The number of fused-ring (bicyclic) bond motifs is 2. The minimum atomic E-state index is 0.00546. The summed E-state index contributed by atoms with van der Waals surface area (Å²) in [6.07, 6.45) is 0. The summed E-state index contributed by atoms with van der Waals surface area (Å²) in [7, 11) is 0. The zero-order valence-electron chi connectivity index (χ0n) is 8.36. The fourth-order valence-corrected chi connectivity index (χ4v) is 2.11. The number of anilines is 2. The zero-order chi connectivity index (χ0) is 11.4. The fraction of sp³-hybridized carbons (Fsp3) is 0. The SMILES string of the molecule is Nc1ccc2c(c1O)=c1c(O)c(N)ccc1=2. The van der Waals surface area contributed by atoms with Crippen molar-refractivity contribution in [3.8, 4) is 11.5 Å². The minimum Gasteiger partial charge on any atom is -0.505 e. The topological polar surface area (TPSA) is 92.5 Å². The number of nitrogen functional groups attached to an aromatic ring is 2. The maximum atomic E-state index is 9.82. The van der Waals surface area contributed by atoms with E-state index in [9.17, 15) is 10.2 Å². The van der Waals surface area contributed by atoms with Crippen LogP contribution in [0.1, 0.15) is 0 Å². The molecule has 3 rings (SSSR count). The normalized spacial score (nSPS) is 11.5. The second-order valence-electron chi connectivity index (χ2n) is 3.85. The van der Waals surface area contributed by atoms with Crippen LogP contribution in [0, 0.1) is 20.9 Å². The lowest BCUT2D eigenvalue weighted by atomic mass is 9.98. The van der Waals surface area contributed by atoms with Gasteiger partial charge in [-0.3, -0.25) is 0 Å². The van der Waals surface area contributed by atoms with Gasteiger partial charge in [0.1, 0.15) is 11.5 Å². The van der Waals surface area contributed by atoms with Crippen LogP contribution in [0.25, 0.3) is 0 Å². The summed E-state index contributed by atoms with van der Waals surface area (Å²) in [4.78, 5) is 0. The maximum absolute atomic E-state index is 9.82. The van der Waals surface area contributed by atoms with Gasteiger partial charge in [-0.05, 0) is 22.6 Å². The molecule has 16 heavy (non-hydrogen) atoms. The molecule has 1 aliphatic rings. The van der Waals surface area contributed by atoms with Crippen molar-refractivity contribution < 1.29 is 10.2 Å². The number of aromatic hydroxyl groups is 2. The largest absolute Gasteiger partial charge is 0.505 e. The molecule has 0 atom stereocenters. The Morgan fingerprint density at radius 3 is 1.44 bits per heavy atom. The summed E-state index contributed by atoms with van der Waals surface area (Å²) in [5.41, 5.74) is 11.8. The number of nitrogens with two attached hydrogens (primary N) is 2. The van der Waals surface area contributed by atoms with Crippen molar-refractivity contribution in [2.75, 3.05) is 11.5 Å². The second-order valence-corrected chi connectivity index (χ2v) is 3.85. The first kappa shape index (κ1) is 8.91.